The lowest BCUT2D eigenvalue weighted by Crippen LogP contribution is -1.94. The highest BCUT2D eigenvalue weighted by Crippen LogP contribution is 2.18. The molecule has 0 amide bonds. The summed E-state index contributed by atoms with van der Waals surface area (Å²) in [4.78, 5) is 22.8. The molecule has 4 nitrogen and oxygen atoms in total. The van der Waals surface area contributed by atoms with E-state index in [2.05, 4.69) is 27.1 Å². The number of thiazole rings is 1. The number of hydrogen-bond donors (Lipinski definition) is 0. The molecule has 148 valence electrons. The van der Waals surface area contributed by atoms with Gasteiger partial charge in [-0.25, -0.2) is 4.98 Å². The average molecular weight is 412 g/mol. The summed E-state index contributed by atoms with van der Waals surface area (Å²) in [6, 6.07) is 30.3. The van der Waals surface area contributed by atoms with Crippen molar-refractivity contribution in [1.29, 1.82) is 0 Å². The number of rotatable bonds is 6. The maximum atomic E-state index is 9.82. The van der Waals surface area contributed by atoms with Gasteiger partial charge in [-0.2, -0.15) is 0 Å². The molecule has 0 aliphatic rings. The van der Waals surface area contributed by atoms with Crippen LogP contribution >= 0.6 is 11.3 Å². The minimum absolute atomic E-state index is 0.239. The van der Waals surface area contributed by atoms with E-state index in [1.54, 1.807) is 11.6 Å². The van der Waals surface area contributed by atoms with E-state index in [9.17, 15) is 4.79 Å². The maximum absolute atomic E-state index is 9.82. The molecule has 0 N–H and O–H groups in total. The van der Waals surface area contributed by atoms with Gasteiger partial charge in [-0.1, -0.05) is 91.0 Å². The minimum Gasteiger partial charge on any atom is -0.295 e. The van der Waals surface area contributed by atoms with Crippen LogP contribution in [-0.2, 0) is 0 Å². The molecule has 0 spiro atoms. The number of carbonyl (C=O) groups excluding carboxylic acids is 1. The first kappa shape index (κ1) is 21.0. The van der Waals surface area contributed by atoms with Crippen LogP contribution in [0.1, 0.15) is 32.7 Å². The van der Waals surface area contributed by atoms with E-state index in [-0.39, 0.29) is 6.17 Å². The van der Waals surface area contributed by atoms with Crippen LogP contribution < -0.4 is 0 Å². The third-order valence-corrected chi connectivity index (χ3v) is 4.68. The molecule has 1 aromatic heterocycles. The fourth-order valence-electron chi connectivity index (χ4n) is 2.52. The lowest BCUT2D eigenvalue weighted by atomic mass is 10.1. The van der Waals surface area contributed by atoms with Crippen LogP contribution in [0.5, 0.6) is 0 Å². The molecule has 0 aliphatic carbocycles. The summed E-state index contributed by atoms with van der Waals surface area (Å²) in [6.45, 7) is 0. The zero-order chi connectivity index (χ0) is 20.9. The van der Waals surface area contributed by atoms with Gasteiger partial charge in [0.2, 0.25) is 0 Å². The second-order valence-electron chi connectivity index (χ2n) is 6.15. The van der Waals surface area contributed by atoms with Gasteiger partial charge in [0.15, 0.2) is 17.5 Å². The third-order valence-electron chi connectivity index (χ3n) is 3.98. The molecule has 0 bridgehead atoms. The van der Waals surface area contributed by atoms with E-state index in [0.29, 0.717) is 5.01 Å². The Hall–Kier alpha value is -3.70. The first-order chi connectivity index (χ1) is 14.8. The van der Waals surface area contributed by atoms with Crippen molar-refractivity contribution < 1.29 is 4.79 Å². The van der Waals surface area contributed by atoms with Crippen LogP contribution in [0.25, 0.3) is 0 Å². The molecule has 4 aromatic rings. The molecular formula is C25H21N3OS. The Balaban J connectivity index is 0.000000310. The van der Waals surface area contributed by atoms with Crippen molar-refractivity contribution in [3.05, 3.63) is 124 Å². The summed E-state index contributed by atoms with van der Waals surface area (Å²) in [5, 5.41) is 2.31. The second-order valence-corrected chi connectivity index (χ2v) is 7.08. The number of carbonyl (C=O) groups is 1. The number of benzene rings is 3. The third kappa shape index (κ3) is 7.04. The number of hydrogen-bond acceptors (Lipinski definition) is 5. The standard InChI is InChI=1S/C21H18N2.C4H3NOS/c1-4-10-18(11-5-1)16-22-21(20-14-8-3-9-15-20)23-17-19-12-6-2-7-13-19;6-3-4-5-1-2-7-4/h1-17,21H;1-3H. The highest BCUT2D eigenvalue weighted by molar-refractivity contribution is 7.11. The van der Waals surface area contributed by atoms with Crippen LogP contribution in [0.2, 0.25) is 0 Å². The van der Waals surface area contributed by atoms with Gasteiger partial charge < -0.3 is 0 Å². The largest absolute Gasteiger partial charge is 0.295 e. The molecule has 0 saturated heterocycles. The Labute approximate surface area is 180 Å². The number of nitrogens with zero attached hydrogens (tertiary/aromatic N) is 3. The Kier molecular flexibility index (Phi) is 8.40. The lowest BCUT2D eigenvalue weighted by molar-refractivity contribution is 0.112. The number of aromatic nitrogens is 1. The summed E-state index contributed by atoms with van der Waals surface area (Å²) < 4.78 is 0. The van der Waals surface area contributed by atoms with Crippen LogP contribution in [0.15, 0.2) is 113 Å². The summed E-state index contributed by atoms with van der Waals surface area (Å²) in [7, 11) is 0. The van der Waals surface area contributed by atoms with Crippen LogP contribution in [0.3, 0.4) is 0 Å². The van der Waals surface area contributed by atoms with Gasteiger partial charge in [-0.15, -0.1) is 11.3 Å². The zero-order valence-electron chi connectivity index (χ0n) is 16.3. The van der Waals surface area contributed by atoms with Crippen molar-refractivity contribution in [3.8, 4) is 0 Å². The van der Waals surface area contributed by atoms with Crippen molar-refractivity contribution >= 4 is 30.1 Å². The molecule has 0 aliphatic heterocycles. The van der Waals surface area contributed by atoms with E-state index in [1.807, 2.05) is 91.3 Å². The van der Waals surface area contributed by atoms with Crippen LogP contribution in [0.4, 0.5) is 0 Å². The highest BCUT2D eigenvalue weighted by Gasteiger charge is 2.05. The molecule has 0 fully saturated rings. The number of aldehydes is 1. The first-order valence-corrected chi connectivity index (χ1v) is 10.3. The Bertz CT molecular complexity index is 998. The van der Waals surface area contributed by atoms with E-state index < -0.39 is 0 Å². The fraction of sp³-hybridized carbons (Fsp3) is 0.0400. The SMILES string of the molecule is C(=NC(N=Cc1ccccc1)c1ccccc1)c1ccccc1.O=Cc1nccs1. The quantitative estimate of drug-likeness (QED) is 0.294. The predicted molar refractivity (Wildman–Crippen MR) is 125 cm³/mol. The van der Waals surface area contributed by atoms with Gasteiger partial charge in [-0.3, -0.25) is 14.8 Å². The topological polar surface area (TPSA) is 54.7 Å². The summed E-state index contributed by atoms with van der Waals surface area (Å²) in [6.07, 6.45) is 5.86. The van der Waals surface area contributed by atoms with Gasteiger partial charge in [0.1, 0.15) is 0 Å². The molecule has 0 atom stereocenters. The van der Waals surface area contributed by atoms with Crippen molar-refractivity contribution in [1.82, 2.24) is 4.98 Å². The van der Waals surface area contributed by atoms with E-state index in [4.69, 9.17) is 0 Å². The summed E-state index contributed by atoms with van der Waals surface area (Å²) in [5.74, 6) is 0. The second kappa shape index (κ2) is 12.0. The molecule has 1 heterocycles. The molecule has 0 radical (unpaired) electrons. The van der Waals surface area contributed by atoms with Gasteiger partial charge in [0.25, 0.3) is 0 Å². The van der Waals surface area contributed by atoms with Crippen molar-refractivity contribution in [3.63, 3.8) is 0 Å². The van der Waals surface area contributed by atoms with Gasteiger partial charge in [0.05, 0.1) is 0 Å². The maximum Gasteiger partial charge on any atom is 0.178 e. The Morgan fingerprint density at radius 2 is 1.23 bits per heavy atom. The van der Waals surface area contributed by atoms with Crippen molar-refractivity contribution in [2.24, 2.45) is 9.98 Å². The van der Waals surface area contributed by atoms with E-state index in [1.165, 1.54) is 11.3 Å². The molecular weight excluding hydrogens is 390 g/mol. The highest BCUT2D eigenvalue weighted by atomic mass is 32.1. The van der Waals surface area contributed by atoms with Gasteiger partial charge >= 0.3 is 0 Å². The smallest absolute Gasteiger partial charge is 0.178 e. The molecule has 5 heteroatoms. The Morgan fingerprint density at radius 1 is 0.733 bits per heavy atom. The molecule has 3 aromatic carbocycles. The molecule has 4 rings (SSSR count). The fourth-order valence-corrected chi connectivity index (χ4v) is 2.96. The zero-order valence-corrected chi connectivity index (χ0v) is 17.1. The van der Waals surface area contributed by atoms with Gasteiger partial charge in [-0.05, 0) is 16.7 Å². The van der Waals surface area contributed by atoms with E-state index >= 15 is 0 Å². The summed E-state index contributed by atoms with van der Waals surface area (Å²) >= 11 is 1.34. The lowest BCUT2D eigenvalue weighted by Gasteiger charge is -2.07. The van der Waals surface area contributed by atoms with Crippen molar-refractivity contribution in [2.45, 2.75) is 6.17 Å². The number of aliphatic imine (C=N–C) groups is 2. The van der Waals surface area contributed by atoms with E-state index in [0.717, 1.165) is 23.0 Å². The summed E-state index contributed by atoms with van der Waals surface area (Å²) in [5.41, 5.74) is 3.22. The van der Waals surface area contributed by atoms with Crippen LogP contribution in [0, 0.1) is 0 Å². The van der Waals surface area contributed by atoms with Gasteiger partial charge in [0, 0.05) is 24.0 Å². The molecule has 30 heavy (non-hydrogen) atoms. The van der Waals surface area contributed by atoms with Crippen molar-refractivity contribution in [2.75, 3.05) is 0 Å². The monoisotopic (exact) mass is 411 g/mol. The minimum atomic E-state index is -0.239. The average Bonchev–Trinajstić information content (AvgIpc) is 3.36. The first-order valence-electron chi connectivity index (χ1n) is 9.41. The molecule has 0 saturated carbocycles. The normalized spacial score (nSPS) is 11.7. The Morgan fingerprint density at radius 3 is 1.63 bits per heavy atom. The predicted octanol–water partition coefficient (Wildman–Crippen LogP) is 5.88. The molecule has 0 unspecified atom stereocenters. The van der Waals surface area contributed by atoms with Crippen LogP contribution in [-0.4, -0.2) is 23.7 Å².